The van der Waals surface area contributed by atoms with Crippen molar-refractivity contribution in [3.63, 3.8) is 0 Å². The lowest BCUT2D eigenvalue weighted by atomic mass is 10.1. The lowest BCUT2D eigenvalue weighted by Crippen LogP contribution is -2.52. The van der Waals surface area contributed by atoms with Gasteiger partial charge in [-0.15, -0.1) is 11.3 Å². The summed E-state index contributed by atoms with van der Waals surface area (Å²) in [6.45, 7) is 5.87. The monoisotopic (exact) mass is 366 g/mol. The summed E-state index contributed by atoms with van der Waals surface area (Å²) < 4.78 is 4.75. The van der Waals surface area contributed by atoms with Gasteiger partial charge in [0.1, 0.15) is 4.88 Å². The van der Waals surface area contributed by atoms with Gasteiger partial charge < -0.3 is 25.2 Å². The van der Waals surface area contributed by atoms with E-state index in [4.69, 9.17) is 4.74 Å². The summed E-state index contributed by atoms with van der Waals surface area (Å²) in [6.07, 6.45) is 2.26. The molecule has 138 valence electrons. The van der Waals surface area contributed by atoms with E-state index in [0.717, 1.165) is 44.1 Å². The zero-order valence-electron chi connectivity index (χ0n) is 14.6. The third-order valence-corrected chi connectivity index (χ3v) is 5.97. The standard InChI is InChI=1S/C17H26N4O3S/c1-24-16(22)14-2-3-15(25-14)20-8-10-21(11-9-20)17(23)19-7-5-13-4-6-18-12-13/h2-3,13,18H,4-12H2,1H3,(H,19,23). The van der Waals surface area contributed by atoms with E-state index in [-0.39, 0.29) is 12.0 Å². The first kappa shape index (κ1) is 18.0. The van der Waals surface area contributed by atoms with Crippen LogP contribution in [0.25, 0.3) is 0 Å². The number of methoxy groups -OCH3 is 1. The van der Waals surface area contributed by atoms with Crippen molar-refractivity contribution in [3.05, 3.63) is 17.0 Å². The van der Waals surface area contributed by atoms with Gasteiger partial charge in [-0.3, -0.25) is 0 Å². The Kier molecular flexibility index (Phi) is 6.14. The van der Waals surface area contributed by atoms with E-state index in [2.05, 4.69) is 15.5 Å². The number of carbonyl (C=O) groups is 2. The number of carbonyl (C=O) groups excluding carboxylic acids is 2. The molecule has 1 atom stereocenters. The summed E-state index contributed by atoms with van der Waals surface area (Å²) in [5, 5.41) is 7.44. The van der Waals surface area contributed by atoms with Gasteiger partial charge in [-0.25, -0.2) is 9.59 Å². The molecular weight excluding hydrogens is 340 g/mol. The largest absolute Gasteiger partial charge is 0.465 e. The number of hydrogen-bond donors (Lipinski definition) is 2. The van der Waals surface area contributed by atoms with Gasteiger partial charge >= 0.3 is 12.0 Å². The summed E-state index contributed by atoms with van der Waals surface area (Å²) in [4.78, 5) is 28.5. The maximum absolute atomic E-state index is 12.3. The molecule has 1 unspecified atom stereocenters. The number of piperazine rings is 1. The third kappa shape index (κ3) is 4.64. The molecule has 0 spiro atoms. The molecule has 2 fully saturated rings. The number of urea groups is 1. The second-order valence-corrected chi connectivity index (χ2v) is 7.55. The van der Waals surface area contributed by atoms with E-state index in [1.54, 1.807) is 6.07 Å². The summed E-state index contributed by atoms with van der Waals surface area (Å²) in [7, 11) is 1.39. The predicted octanol–water partition coefficient (Wildman–Crippen LogP) is 1.37. The molecule has 2 amide bonds. The Morgan fingerprint density at radius 1 is 1.32 bits per heavy atom. The van der Waals surface area contributed by atoms with Crippen molar-refractivity contribution in [1.29, 1.82) is 0 Å². The molecular formula is C17H26N4O3S. The molecule has 0 saturated carbocycles. The zero-order chi connectivity index (χ0) is 17.6. The first-order valence-corrected chi connectivity index (χ1v) is 9.65. The number of nitrogens with zero attached hydrogens (tertiary/aromatic N) is 2. The van der Waals surface area contributed by atoms with Crippen LogP contribution in [0.3, 0.4) is 0 Å². The minimum atomic E-state index is -0.299. The molecule has 0 bridgehead atoms. The summed E-state index contributed by atoms with van der Waals surface area (Å²) in [5.74, 6) is 0.395. The van der Waals surface area contributed by atoms with E-state index < -0.39 is 0 Å². The maximum Gasteiger partial charge on any atom is 0.348 e. The molecule has 8 heteroatoms. The first-order valence-electron chi connectivity index (χ1n) is 8.84. The van der Waals surface area contributed by atoms with E-state index in [9.17, 15) is 9.59 Å². The van der Waals surface area contributed by atoms with Crippen molar-refractivity contribution in [2.75, 3.05) is 57.8 Å². The van der Waals surface area contributed by atoms with Crippen LogP contribution in [-0.2, 0) is 4.74 Å². The van der Waals surface area contributed by atoms with Crippen LogP contribution in [0.1, 0.15) is 22.5 Å². The Hall–Kier alpha value is -1.80. The van der Waals surface area contributed by atoms with Gasteiger partial charge in [0.15, 0.2) is 0 Å². The molecule has 0 aromatic carbocycles. The van der Waals surface area contributed by atoms with Gasteiger partial charge in [0.25, 0.3) is 0 Å². The Morgan fingerprint density at radius 3 is 2.80 bits per heavy atom. The van der Waals surface area contributed by atoms with Crippen molar-refractivity contribution < 1.29 is 14.3 Å². The fourth-order valence-corrected chi connectivity index (χ4v) is 4.27. The van der Waals surface area contributed by atoms with Gasteiger partial charge in [0.2, 0.25) is 0 Å². The Bertz CT molecular complexity index is 592. The van der Waals surface area contributed by atoms with Crippen LogP contribution >= 0.6 is 11.3 Å². The van der Waals surface area contributed by atoms with Crippen LogP contribution in [0.2, 0.25) is 0 Å². The summed E-state index contributed by atoms with van der Waals surface area (Å²) >= 11 is 1.44. The topological polar surface area (TPSA) is 73.9 Å². The highest BCUT2D eigenvalue weighted by Gasteiger charge is 2.23. The highest BCUT2D eigenvalue weighted by Crippen LogP contribution is 2.27. The predicted molar refractivity (Wildman–Crippen MR) is 98.4 cm³/mol. The molecule has 2 saturated heterocycles. The molecule has 2 aliphatic rings. The second kappa shape index (κ2) is 8.53. The number of anilines is 1. The van der Waals surface area contributed by atoms with Crippen LogP contribution in [0, 0.1) is 5.92 Å². The molecule has 0 aliphatic carbocycles. The van der Waals surface area contributed by atoms with E-state index in [1.807, 2.05) is 11.0 Å². The minimum Gasteiger partial charge on any atom is -0.465 e. The fraction of sp³-hybridized carbons (Fsp3) is 0.647. The van der Waals surface area contributed by atoms with Crippen LogP contribution in [-0.4, -0.2) is 69.8 Å². The molecule has 2 aliphatic heterocycles. The van der Waals surface area contributed by atoms with Crippen molar-refractivity contribution in [2.45, 2.75) is 12.8 Å². The number of rotatable bonds is 5. The smallest absolute Gasteiger partial charge is 0.348 e. The quantitative estimate of drug-likeness (QED) is 0.770. The molecule has 1 aromatic heterocycles. The Morgan fingerprint density at radius 2 is 2.12 bits per heavy atom. The third-order valence-electron chi connectivity index (χ3n) is 4.85. The van der Waals surface area contributed by atoms with Gasteiger partial charge in [0, 0.05) is 32.7 Å². The van der Waals surface area contributed by atoms with Crippen molar-refractivity contribution in [2.24, 2.45) is 5.92 Å². The van der Waals surface area contributed by atoms with Gasteiger partial charge in [-0.1, -0.05) is 0 Å². The van der Waals surface area contributed by atoms with Gasteiger partial charge in [0.05, 0.1) is 12.1 Å². The van der Waals surface area contributed by atoms with Crippen LogP contribution in [0.15, 0.2) is 12.1 Å². The van der Waals surface area contributed by atoms with E-state index in [0.29, 0.717) is 23.9 Å². The van der Waals surface area contributed by atoms with Crippen molar-refractivity contribution >= 4 is 28.3 Å². The second-order valence-electron chi connectivity index (χ2n) is 6.48. The Balaban J connectivity index is 1.41. The number of ether oxygens (including phenoxy) is 1. The van der Waals surface area contributed by atoms with Crippen LogP contribution in [0.4, 0.5) is 9.80 Å². The lowest BCUT2D eigenvalue weighted by Gasteiger charge is -2.35. The maximum atomic E-state index is 12.3. The average Bonchev–Trinajstić information content (AvgIpc) is 3.33. The van der Waals surface area contributed by atoms with Gasteiger partial charge in [-0.05, 0) is 44.0 Å². The van der Waals surface area contributed by atoms with E-state index >= 15 is 0 Å². The molecule has 3 heterocycles. The molecule has 7 nitrogen and oxygen atoms in total. The highest BCUT2D eigenvalue weighted by atomic mass is 32.1. The molecule has 25 heavy (non-hydrogen) atoms. The molecule has 3 rings (SSSR count). The van der Waals surface area contributed by atoms with Crippen molar-refractivity contribution in [1.82, 2.24) is 15.5 Å². The molecule has 1 aromatic rings. The highest BCUT2D eigenvalue weighted by molar-refractivity contribution is 7.17. The zero-order valence-corrected chi connectivity index (χ0v) is 15.4. The van der Waals surface area contributed by atoms with E-state index in [1.165, 1.54) is 24.9 Å². The number of amides is 2. The average molecular weight is 366 g/mol. The summed E-state index contributed by atoms with van der Waals surface area (Å²) in [5.41, 5.74) is 0. The van der Waals surface area contributed by atoms with Crippen molar-refractivity contribution in [3.8, 4) is 0 Å². The van der Waals surface area contributed by atoms with Gasteiger partial charge in [-0.2, -0.15) is 0 Å². The summed E-state index contributed by atoms with van der Waals surface area (Å²) in [6, 6.07) is 3.78. The molecule has 2 N–H and O–H groups in total. The minimum absolute atomic E-state index is 0.0343. The Labute approximate surface area is 152 Å². The van der Waals surface area contributed by atoms with Crippen LogP contribution < -0.4 is 15.5 Å². The normalized spacial score (nSPS) is 20.6. The SMILES string of the molecule is COC(=O)c1ccc(N2CCN(C(=O)NCCC3CCNC3)CC2)s1. The molecule has 0 radical (unpaired) electrons. The number of thiophene rings is 1. The number of nitrogens with one attached hydrogen (secondary N) is 2. The fourth-order valence-electron chi connectivity index (χ4n) is 3.29. The number of hydrogen-bond acceptors (Lipinski definition) is 6. The lowest BCUT2D eigenvalue weighted by molar-refractivity contribution is 0.0606. The first-order chi connectivity index (χ1) is 12.2. The van der Waals surface area contributed by atoms with Crippen LogP contribution in [0.5, 0.6) is 0 Å². The number of esters is 1.